The standard InChI is InChI=1S/C24H20IN3O2S/c1-15(2)16-5-9-19(10-6-16)28-23(30)21(22(29)26-24(28)31)14-20-4-3-13-27(20)18-11-7-17(25)8-12-18/h3-15H,1-2H3,(H,26,29,31)/b21-14+. The molecule has 7 heteroatoms. The SMILES string of the molecule is CC(C)c1ccc(N2C(=O)/C(=C/c3cccn3-c3ccc(I)cc3)C(=O)NC2=S)cc1. The summed E-state index contributed by atoms with van der Waals surface area (Å²) in [5.74, 6) is -0.566. The van der Waals surface area contributed by atoms with Crippen molar-refractivity contribution in [1.82, 2.24) is 9.88 Å². The molecule has 5 nitrogen and oxygen atoms in total. The maximum absolute atomic E-state index is 13.3. The average molecular weight is 541 g/mol. The van der Waals surface area contributed by atoms with E-state index in [1.165, 1.54) is 4.90 Å². The van der Waals surface area contributed by atoms with E-state index in [2.05, 4.69) is 41.8 Å². The number of nitrogens with one attached hydrogen (secondary N) is 1. The summed E-state index contributed by atoms with van der Waals surface area (Å²) >= 11 is 7.55. The Hall–Kier alpha value is -2.78. The Morgan fingerprint density at radius 2 is 1.61 bits per heavy atom. The molecule has 2 amide bonds. The fourth-order valence-electron chi connectivity index (χ4n) is 3.40. The summed E-state index contributed by atoms with van der Waals surface area (Å²) in [6.45, 7) is 4.21. The Kier molecular flexibility index (Phi) is 6.06. The lowest BCUT2D eigenvalue weighted by atomic mass is 10.0. The smallest absolute Gasteiger partial charge is 0.270 e. The van der Waals surface area contributed by atoms with Crippen LogP contribution in [0, 0.1) is 3.57 Å². The molecule has 0 radical (unpaired) electrons. The lowest BCUT2D eigenvalue weighted by molar-refractivity contribution is -0.122. The topological polar surface area (TPSA) is 54.3 Å². The lowest BCUT2D eigenvalue weighted by Crippen LogP contribution is -2.54. The molecular weight excluding hydrogens is 521 g/mol. The van der Waals surface area contributed by atoms with Gasteiger partial charge in [-0.2, -0.15) is 0 Å². The van der Waals surface area contributed by atoms with E-state index in [1.54, 1.807) is 6.08 Å². The fraction of sp³-hybridized carbons (Fsp3) is 0.125. The first-order valence-electron chi connectivity index (χ1n) is 9.80. The second kappa shape index (κ2) is 8.76. The highest BCUT2D eigenvalue weighted by Gasteiger charge is 2.34. The quantitative estimate of drug-likeness (QED) is 0.218. The number of halogens is 1. The molecule has 1 aromatic heterocycles. The lowest BCUT2D eigenvalue weighted by Gasteiger charge is -2.29. The summed E-state index contributed by atoms with van der Waals surface area (Å²) < 4.78 is 3.06. The average Bonchev–Trinajstić information content (AvgIpc) is 3.20. The molecule has 1 aliphatic rings. The van der Waals surface area contributed by atoms with E-state index in [0.29, 0.717) is 11.6 Å². The van der Waals surface area contributed by atoms with Gasteiger partial charge in [0.15, 0.2) is 5.11 Å². The van der Waals surface area contributed by atoms with Crippen LogP contribution in [0.25, 0.3) is 11.8 Å². The summed E-state index contributed by atoms with van der Waals surface area (Å²) in [7, 11) is 0. The Morgan fingerprint density at radius 1 is 0.968 bits per heavy atom. The summed E-state index contributed by atoms with van der Waals surface area (Å²) in [5, 5.41) is 2.72. The van der Waals surface area contributed by atoms with E-state index >= 15 is 0 Å². The van der Waals surface area contributed by atoms with E-state index in [1.807, 2.05) is 71.4 Å². The van der Waals surface area contributed by atoms with Crippen molar-refractivity contribution < 1.29 is 9.59 Å². The zero-order chi connectivity index (χ0) is 22.1. The van der Waals surface area contributed by atoms with Crippen molar-refractivity contribution in [3.8, 4) is 5.69 Å². The fourth-order valence-corrected chi connectivity index (χ4v) is 4.04. The van der Waals surface area contributed by atoms with Gasteiger partial charge < -0.3 is 4.57 Å². The molecular formula is C24H20IN3O2S. The third-order valence-electron chi connectivity index (χ3n) is 5.10. The number of carbonyl (C=O) groups is 2. The van der Waals surface area contributed by atoms with Crippen LogP contribution in [0.3, 0.4) is 0 Å². The molecule has 4 rings (SSSR count). The maximum atomic E-state index is 13.3. The van der Waals surface area contributed by atoms with Crippen molar-refractivity contribution in [2.45, 2.75) is 19.8 Å². The highest BCUT2D eigenvalue weighted by molar-refractivity contribution is 14.1. The molecule has 0 aliphatic carbocycles. The Morgan fingerprint density at radius 3 is 2.26 bits per heavy atom. The minimum atomic E-state index is -0.500. The van der Waals surface area contributed by atoms with Crippen molar-refractivity contribution in [2.24, 2.45) is 0 Å². The number of carbonyl (C=O) groups excluding carboxylic acids is 2. The van der Waals surface area contributed by atoms with Crippen LogP contribution in [0.2, 0.25) is 0 Å². The third-order valence-corrected chi connectivity index (χ3v) is 6.10. The minimum Gasteiger partial charge on any atom is -0.317 e. The van der Waals surface area contributed by atoms with Crippen molar-refractivity contribution >= 4 is 63.5 Å². The molecule has 0 bridgehead atoms. The predicted molar refractivity (Wildman–Crippen MR) is 135 cm³/mol. The van der Waals surface area contributed by atoms with Crippen LogP contribution in [0.4, 0.5) is 5.69 Å². The van der Waals surface area contributed by atoms with Crippen LogP contribution in [0.1, 0.15) is 31.0 Å². The Labute approximate surface area is 199 Å². The first-order chi connectivity index (χ1) is 14.8. The number of thiocarbonyl (C=S) groups is 1. The van der Waals surface area contributed by atoms with Gasteiger partial charge in [-0.25, -0.2) is 0 Å². The zero-order valence-corrected chi connectivity index (χ0v) is 20.0. The number of amides is 2. The molecule has 1 fully saturated rings. The highest BCUT2D eigenvalue weighted by Crippen LogP contribution is 2.25. The monoisotopic (exact) mass is 541 g/mol. The third kappa shape index (κ3) is 4.33. The molecule has 0 saturated carbocycles. The van der Waals surface area contributed by atoms with Gasteiger partial charge in [0.05, 0.1) is 5.69 Å². The summed E-state index contributed by atoms with van der Waals surface area (Å²) in [6.07, 6.45) is 3.50. The first-order valence-corrected chi connectivity index (χ1v) is 11.3. The molecule has 1 N–H and O–H groups in total. The molecule has 156 valence electrons. The van der Waals surface area contributed by atoms with Crippen LogP contribution in [0.5, 0.6) is 0 Å². The van der Waals surface area contributed by atoms with Gasteiger partial charge in [0.1, 0.15) is 5.57 Å². The molecule has 3 aromatic rings. The van der Waals surface area contributed by atoms with Crippen LogP contribution < -0.4 is 10.2 Å². The number of hydrogen-bond acceptors (Lipinski definition) is 3. The van der Waals surface area contributed by atoms with E-state index in [-0.39, 0.29) is 10.7 Å². The molecule has 31 heavy (non-hydrogen) atoms. The van der Waals surface area contributed by atoms with Gasteiger partial charge in [0.2, 0.25) is 0 Å². The molecule has 2 aromatic carbocycles. The number of aromatic nitrogens is 1. The zero-order valence-electron chi connectivity index (χ0n) is 17.0. The summed E-state index contributed by atoms with van der Waals surface area (Å²) in [5.41, 5.74) is 3.49. The molecule has 0 unspecified atom stereocenters. The van der Waals surface area contributed by atoms with Gasteiger partial charge in [0.25, 0.3) is 11.8 Å². The van der Waals surface area contributed by atoms with Gasteiger partial charge >= 0.3 is 0 Å². The largest absolute Gasteiger partial charge is 0.317 e. The van der Waals surface area contributed by atoms with E-state index in [9.17, 15) is 9.59 Å². The number of rotatable bonds is 4. The van der Waals surface area contributed by atoms with Gasteiger partial charge in [0, 0.05) is 21.1 Å². The molecule has 0 atom stereocenters. The van der Waals surface area contributed by atoms with Gasteiger partial charge in [-0.05, 0) is 101 Å². The van der Waals surface area contributed by atoms with Crippen LogP contribution in [-0.2, 0) is 9.59 Å². The molecule has 1 saturated heterocycles. The van der Waals surface area contributed by atoms with Crippen LogP contribution >= 0.6 is 34.8 Å². The van der Waals surface area contributed by atoms with E-state index in [0.717, 1.165) is 20.5 Å². The maximum Gasteiger partial charge on any atom is 0.270 e. The normalized spacial score (nSPS) is 15.7. The first kappa shape index (κ1) is 21.5. The molecule has 2 heterocycles. The van der Waals surface area contributed by atoms with E-state index < -0.39 is 11.8 Å². The number of benzene rings is 2. The molecule has 1 aliphatic heterocycles. The van der Waals surface area contributed by atoms with Crippen molar-refractivity contribution in [2.75, 3.05) is 4.90 Å². The van der Waals surface area contributed by atoms with Gasteiger partial charge in [-0.1, -0.05) is 26.0 Å². The number of hydrogen-bond donors (Lipinski definition) is 1. The predicted octanol–water partition coefficient (Wildman–Crippen LogP) is 5.04. The van der Waals surface area contributed by atoms with Crippen molar-refractivity contribution in [3.63, 3.8) is 0 Å². The summed E-state index contributed by atoms with van der Waals surface area (Å²) in [6, 6.07) is 19.4. The second-order valence-electron chi connectivity index (χ2n) is 7.48. The van der Waals surface area contributed by atoms with Crippen LogP contribution in [0.15, 0.2) is 72.4 Å². The Bertz CT molecular complexity index is 1190. The minimum absolute atomic E-state index is 0.0343. The highest BCUT2D eigenvalue weighted by atomic mass is 127. The van der Waals surface area contributed by atoms with E-state index in [4.69, 9.17) is 12.2 Å². The number of anilines is 1. The van der Waals surface area contributed by atoms with Crippen LogP contribution in [-0.4, -0.2) is 21.5 Å². The Balaban J connectivity index is 1.70. The second-order valence-corrected chi connectivity index (χ2v) is 9.12. The van der Waals surface area contributed by atoms with Crippen molar-refractivity contribution in [3.05, 3.63) is 87.3 Å². The van der Waals surface area contributed by atoms with Crippen molar-refractivity contribution in [1.29, 1.82) is 0 Å². The molecule has 0 spiro atoms. The summed E-state index contributed by atoms with van der Waals surface area (Å²) in [4.78, 5) is 27.3. The number of nitrogens with zero attached hydrogens (tertiary/aromatic N) is 2. The van der Waals surface area contributed by atoms with Gasteiger partial charge in [-0.3, -0.25) is 19.8 Å². The van der Waals surface area contributed by atoms with Gasteiger partial charge in [-0.15, -0.1) is 0 Å².